The molecule has 1 fully saturated rings. The van der Waals surface area contributed by atoms with Gasteiger partial charge in [-0.2, -0.15) is 0 Å². The lowest BCUT2D eigenvalue weighted by Gasteiger charge is -2.37. The van der Waals surface area contributed by atoms with Crippen molar-refractivity contribution in [3.63, 3.8) is 0 Å². The summed E-state index contributed by atoms with van der Waals surface area (Å²) in [4.78, 5) is 2.44. The fourth-order valence-corrected chi connectivity index (χ4v) is 2.59. The van der Waals surface area contributed by atoms with E-state index in [4.69, 9.17) is 0 Å². The van der Waals surface area contributed by atoms with Crippen molar-refractivity contribution in [3.05, 3.63) is 0 Å². The molecule has 0 saturated carbocycles. The molecule has 0 atom stereocenters. The zero-order chi connectivity index (χ0) is 12.7. The maximum atomic E-state index is 10.3. The number of aliphatic hydroxyl groups is 1. The molecule has 0 bridgehead atoms. The van der Waals surface area contributed by atoms with E-state index in [1.54, 1.807) is 0 Å². The second kappa shape index (κ2) is 7.34. The Balaban J connectivity index is 2.27. The van der Waals surface area contributed by atoms with Gasteiger partial charge in [-0.1, -0.05) is 20.8 Å². The van der Waals surface area contributed by atoms with Crippen LogP contribution >= 0.6 is 0 Å². The molecule has 102 valence electrons. The number of piperidine rings is 1. The molecule has 0 amide bonds. The number of hydrogen-bond acceptors (Lipinski definition) is 3. The smallest absolute Gasteiger partial charge is 0.0768 e. The second-order valence-corrected chi connectivity index (χ2v) is 5.46. The van der Waals surface area contributed by atoms with Gasteiger partial charge < -0.3 is 15.3 Å². The first-order chi connectivity index (χ1) is 8.13. The second-order valence-electron chi connectivity index (χ2n) is 5.46. The van der Waals surface area contributed by atoms with Crippen molar-refractivity contribution in [2.24, 2.45) is 5.92 Å². The fourth-order valence-electron chi connectivity index (χ4n) is 2.59. The maximum absolute atomic E-state index is 10.3. The van der Waals surface area contributed by atoms with Crippen molar-refractivity contribution in [1.82, 2.24) is 10.2 Å². The zero-order valence-electron chi connectivity index (χ0n) is 11.8. The summed E-state index contributed by atoms with van der Waals surface area (Å²) in [5, 5.41) is 13.8. The molecular weight excluding hydrogens is 212 g/mol. The summed E-state index contributed by atoms with van der Waals surface area (Å²) in [6.07, 6.45) is 4.27. The minimum Gasteiger partial charge on any atom is -0.389 e. The summed E-state index contributed by atoms with van der Waals surface area (Å²) in [6, 6.07) is 0. The van der Waals surface area contributed by atoms with Gasteiger partial charge in [0.25, 0.3) is 0 Å². The normalized spacial score (nSPS) is 19.8. The first kappa shape index (κ1) is 14.9. The van der Waals surface area contributed by atoms with Crippen LogP contribution in [0.1, 0.15) is 46.5 Å². The zero-order valence-corrected chi connectivity index (χ0v) is 11.8. The molecule has 0 aromatic carbocycles. The largest absolute Gasteiger partial charge is 0.389 e. The third kappa shape index (κ3) is 4.94. The van der Waals surface area contributed by atoms with E-state index in [-0.39, 0.29) is 0 Å². The highest BCUT2D eigenvalue weighted by molar-refractivity contribution is 4.82. The number of hydrogen-bond donors (Lipinski definition) is 2. The highest BCUT2D eigenvalue weighted by atomic mass is 16.3. The number of nitrogens with one attached hydrogen (secondary N) is 1. The predicted molar refractivity (Wildman–Crippen MR) is 73.2 cm³/mol. The number of likely N-dealkylation sites (tertiary alicyclic amines) is 1. The minimum atomic E-state index is -0.464. The average molecular weight is 242 g/mol. The minimum absolute atomic E-state index is 0.464. The molecule has 0 aromatic heterocycles. The molecule has 0 unspecified atom stereocenters. The lowest BCUT2D eigenvalue weighted by atomic mass is 9.92. The molecule has 0 aromatic rings. The summed E-state index contributed by atoms with van der Waals surface area (Å²) < 4.78 is 0. The van der Waals surface area contributed by atoms with Crippen LogP contribution in [0.2, 0.25) is 0 Å². The summed E-state index contributed by atoms with van der Waals surface area (Å²) in [5.74, 6) is 0.836. The van der Waals surface area contributed by atoms with Crippen LogP contribution in [0.5, 0.6) is 0 Å². The van der Waals surface area contributed by atoms with Crippen LogP contribution in [0.4, 0.5) is 0 Å². The molecule has 3 nitrogen and oxygen atoms in total. The van der Waals surface area contributed by atoms with E-state index in [0.717, 1.165) is 51.5 Å². The van der Waals surface area contributed by atoms with Crippen molar-refractivity contribution in [1.29, 1.82) is 0 Å². The van der Waals surface area contributed by atoms with E-state index in [0.29, 0.717) is 0 Å². The molecule has 1 saturated heterocycles. The number of nitrogens with zero attached hydrogens (tertiary/aromatic N) is 1. The molecule has 1 aliphatic heterocycles. The van der Waals surface area contributed by atoms with Crippen LogP contribution in [0.25, 0.3) is 0 Å². The summed E-state index contributed by atoms with van der Waals surface area (Å²) in [7, 11) is 0. The van der Waals surface area contributed by atoms with Crippen LogP contribution in [0.15, 0.2) is 0 Å². The van der Waals surface area contributed by atoms with Gasteiger partial charge in [0.15, 0.2) is 0 Å². The van der Waals surface area contributed by atoms with Crippen molar-refractivity contribution in [2.45, 2.75) is 52.1 Å². The quantitative estimate of drug-likeness (QED) is 0.715. The van der Waals surface area contributed by atoms with Crippen molar-refractivity contribution < 1.29 is 5.11 Å². The van der Waals surface area contributed by atoms with Gasteiger partial charge in [0.2, 0.25) is 0 Å². The SMILES string of the molecule is CCNCC1CCN(CC(O)(CC)CC)CC1. The molecule has 1 heterocycles. The first-order valence-electron chi connectivity index (χ1n) is 7.29. The Hall–Kier alpha value is -0.120. The Morgan fingerprint density at radius 1 is 1.18 bits per heavy atom. The summed E-state index contributed by atoms with van der Waals surface area (Å²) in [6.45, 7) is 11.7. The van der Waals surface area contributed by atoms with Gasteiger partial charge in [-0.05, 0) is 57.8 Å². The lowest BCUT2D eigenvalue weighted by Crippen LogP contribution is -2.46. The van der Waals surface area contributed by atoms with Gasteiger partial charge in [-0.25, -0.2) is 0 Å². The molecule has 0 radical (unpaired) electrons. The van der Waals surface area contributed by atoms with Crippen molar-refractivity contribution >= 4 is 0 Å². The van der Waals surface area contributed by atoms with E-state index < -0.39 is 5.60 Å². The van der Waals surface area contributed by atoms with Crippen LogP contribution < -0.4 is 5.32 Å². The van der Waals surface area contributed by atoms with Gasteiger partial charge in [-0.15, -0.1) is 0 Å². The lowest BCUT2D eigenvalue weighted by molar-refractivity contribution is -0.0114. The summed E-state index contributed by atoms with van der Waals surface area (Å²) >= 11 is 0. The third-order valence-electron chi connectivity index (χ3n) is 4.22. The Labute approximate surface area is 107 Å². The highest BCUT2D eigenvalue weighted by Crippen LogP contribution is 2.21. The number of β-amino-alcohol motifs (C(OH)–C–C–N with tert-alkyl or cyclic N) is 1. The molecule has 0 aliphatic carbocycles. The standard InChI is InChI=1S/C14H30N2O/c1-4-14(17,5-2)12-16-9-7-13(8-10-16)11-15-6-3/h13,15,17H,4-12H2,1-3H3. The molecule has 1 rings (SSSR count). The Morgan fingerprint density at radius 2 is 1.76 bits per heavy atom. The molecule has 1 aliphatic rings. The van der Waals surface area contributed by atoms with E-state index >= 15 is 0 Å². The monoisotopic (exact) mass is 242 g/mol. The van der Waals surface area contributed by atoms with Gasteiger partial charge in [0.05, 0.1) is 5.60 Å². The molecule has 0 spiro atoms. The van der Waals surface area contributed by atoms with Crippen LogP contribution in [-0.2, 0) is 0 Å². The fraction of sp³-hybridized carbons (Fsp3) is 1.00. The van der Waals surface area contributed by atoms with Crippen molar-refractivity contribution in [2.75, 3.05) is 32.7 Å². The Bertz CT molecular complexity index is 196. The van der Waals surface area contributed by atoms with Gasteiger partial charge >= 0.3 is 0 Å². The molecular formula is C14H30N2O. The van der Waals surface area contributed by atoms with E-state index in [1.807, 2.05) is 0 Å². The van der Waals surface area contributed by atoms with E-state index in [9.17, 15) is 5.11 Å². The van der Waals surface area contributed by atoms with Crippen LogP contribution in [-0.4, -0.2) is 48.3 Å². The van der Waals surface area contributed by atoms with Gasteiger partial charge in [-0.3, -0.25) is 0 Å². The molecule has 2 N–H and O–H groups in total. The molecule has 3 heteroatoms. The van der Waals surface area contributed by atoms with Crippen molar-refractivity contribution in [3.8, 4) is 0 Å². The summed E-state index contributed by atoms with van der Waals surface area (Å²) in [5.41, 5.74) is -0.464. The highest BCUT2D eigenvalue weighted by Gasteiger charge is 2.28. The predicted octanol–water partition coefficient (Wildman–Crippen LogP) is 1.86. The third-order valence-corrected chi connectivity index (χ3v) is 4.22. The number of rotatable bonds is 7. The first-order valence-corrected chi connectivity index (χ1v) is 7.29. The average Bonchev–Trinajstić information content (AvgIpc) is 2.38. The molecule has 17 heavy (non-hydrogen) atoms. The topological polar surface area (TPSA) is 35.5 Å². The van der Waals surface area contributed by atoms with Crippen LogP contribution in [0.3, 0.4) is 0 Å². The van der Waals surface area contributed by atoms with E-state index in [2.05, 4.69) is 31.0 Å². The maximum Gasteiger partial charge on any atom is 0.0768 e. The Kier molecular flexibility index (Phi) is 6.45. The van der Waals surface area contributed by atoms with Crippen LogP contribution in [0, 0.1) is 5.92 Å². The Morgan fingerprint density at radius 3 is 2.24 bits per heavy atom. The van der Waals surface area contributed by atoms with Gasteiger partial charge in [0, 0.05) is 6.54 Å². The van der Waals surface area contributed by atoms with E-state index in [1.165, 1.54) is 12.8 Å². The van der Waals surface area contributed by atoms with Gasteiger partial charge in [0.1, 0.15) is 0 Å².